The summed E-state index contributed by atoms with van der Waals surface area (Å²) in [4.78, 5) is 15.3. The fourth-order valence-electron chi connectivity index (χ4n) is 3.99. The average molecular weight is 377 g/mol. The quantitative estimate of drug-likeness (QED) is 0.686. The topological polar surface area (TPSA) is 70.4 Å². The summed E-state index contributed by atoms with van der Waals surface area (Å²) in [6, 6.07) is 4.61. The molecule has 1 atom stereocenters. The van der Waals surface area contributed by atoms with Crippen LogP contribution in [0.2, 0.25) is 0 Å². The number of nitrogens with one attached hydrogen (secondary N) is 2. The first-order valence-corrected chi connectivity index (χ1v) is 10.9. The molecule has 3 rings (SSSR count). The number of rotatable bonds is 5. The minimum absolute atomic E-state index is 0.00593. The summed E-state index contributed by atoms with van der Waals surface area (Å²) in [5.74, 6) is 3.07. The fraction of sp³-hybridized carbons (Fsp3) is 0.650. The van der Waals surface area contributed by atoms with E-state index in [1.54, 1.807) is 0 Å². The number of benzene rings is 1. The van der Waals surface area contributed by atoms with E-state index in [1.807, 2.05) is 30.9 Å². The molecule has 1 aliphatic heterocycles. The molecule has 1 saturated heterocycles. The number of carbonyl (C=O) groups excluding carboxylic acids is 1. The van der Waals surface area contributed by atoms with Gasteiger partial charge in [0, 0.05) is 31.9 Å². The third-order valence-electron chi connectivity index (χ3n) is 5.87. The Morgan fingerprint density at radius 1 is 1.23 bits per heavy atom. The zero-order chi connectivity index (χ0) is 18.7. The highest BCUT2D eigenvalue weighted by Gasteiger charge is 2.26. The van der Waals surface area contributed by atoms with E-state index < -0.39 is 0 Å². The molecule has 1 heterocycles. The maximum absolute atomic E-state index is 13.1. The van der Waals surface area contributed by atoms with E-state index in [1.165, 1.54) is 18.6 Å². The van der Waals surface area contributed by atoms with Gasteiger partial charge in [-0.25, -0.2) is 0 Å². The number of hydrogen-bond acceptors (Lipinski definition) is 5. The van der Waals surface area contributed by atoms with Crippen LogP contribution in [0.4, 0.5) is 17.1 Å². The Bertz CT molecular complexity index is 637. The van der Waals surface area contributed by atoms with E-state index in [2.05, 4.69) is 29.5 Å². The van der Waals surface area contributed by atoms with Gasteiger partial charge in [0.15, 0.2) is 0 Å². The number of thioether (sulfide) groups is 1. The zero-order valence-corrected chi connectivity index (χ0v) is 17.0. The van der Waals surface area contributed by atoms with Crippen molar-refractivity contribution in [2.24, 2.45) is 5.92 Å². The van der Waals surface area contributed by atoms with E-state index in [4.69, 9.17) is 5.73 Å². The Kier molecular flexibility index (Phi) is 6.22. The summed E-state index contributed by atoms with van der Waals surface area (Å²) in [7, 11) is 3.96. The van der Waals surface area contributed by atoms with Crippen molar-refractivity contribution in [1.29, 1.82) is 0 Å². The molecule has 1 aliphatic carbocycles. The molecule has 0 bridgehead atoms. The van der Waals surface area contributed by atoms with Crippen LogP contribution in [0.15, 0.2) is 12.1 Å². The van der Waals surface area contributed by atoms with E-state index >= 15 is 0 Å². The molecule has 2 fully saturated rings. The van der Waals surface area contributed by atoms with E-state index in [0.29, 0.717) is 17.3 Å². The van der Waals surface area contributed by atoms with Crippen LogP contribution in [0.25, 0.3) is 0 Å². The SMILES string of the molecule is CNc1cc(N(C)C2CCSC2)c(C(=O)NC2CCC(C)CC2)cc1N. The standard InChI is InChI=1S/C20H32N4OS/c1-13-4-6-14(7-5-13)23-20(25)16-10-17(21)18(22-2)11-19(16)24(3)15-8-9-26-12-15/h10-11,13-15,22H,4-9,12,21H2,1-3H3,(H,23,25). The molecule has 0 spiro atoms. The van der Waals surface area contributed by atoms with Crippen LogP contribution in [0.1, 0.15) is 49.4 Å². The number of nitrogens with two attached hydrogens (primary N) is 1. The molecule has 4 N–H and O–H groups in total. The van der Waals surface area contributed by atoms with Gasteiger partial charge >= 0.3 is 0 Å². The number of nitrogens with zero attached hydrogens (tertiary/aromatic N) is 1. The third kappa shape index (κ3) is 4.22. The largest absolute Gasteiger partial charge is 0.397 e. The van der Waals surface area contributed by atoms with Gasteiger partial charge in [-0.1, -0.05) is 6.92 Å². The lowest BCUT2D eigenvalue weighted by Gasteiger charge is -2.30. The second-order valence-corrected chi connectivity index (χ2v) is 8.92. The smallest absolute Gasteiger partial charge is 0.253 e. The molecule has 6 heteroatoms. The summed E-state index contributed by atoms with van der Waals surface area (Å²) >= 11 is 1.98. The van der Waals surface area contributed by atoms with Gasteiger partial charge in [-0.2, -0.15) is 11.8 Å². The second kappa shape index (κ2) is 8.42. The van der Waals surface area contributed by atoms with Gasteiger partial charge in [-0.3, -0.25) is 4.79 Å². The lowest BCUT2D eigenvalue weighted by atomic mass is 9.87. The predicted octanol–water partition coefficient (Wildman–Crippen LogP) is 3.56. The van der Waals surface area contributed by atoms with Crippen molar-refractivity contribution in [3.8, 4) is 0 Å². The zero-order valence-electron chi connectivity index (χ0n) is 16.2. The monoisotopic (exact) mass is 376 g/mol. The van der Waals surface area contributed by atoms with Gasteiger partial charge in [0.1, 0.15) is 0 Å². The molecule has 0 radical (unpaired) electrons. The summed E-state index contributed by atoms with van der Waals surface area (Å²) < 4.78 is 0. The van der Waals surface area contributed by atoms with Crippen molar-refractivity contribution in [2.75, 3.05) is 41.6 Å². The minimum Gasteiger partial charge on any atom is -0.397 e. The molecule has 2 aliphatic rings. The van der Waals surface area contributed by atoms with Crippen molar-refractivity contribution >= 4 is 34.7 Å². The van der Waals surface area contributed by atoms with Crippen LogP contribution in [-0.2, 0) is 0 Å². The van der Waals surface area contributed by atoms with Crippen molar-refractivity contribution in [3.05, 3.63) is 17.7 Å². The highest BCUT2D eigenvalue weighted by atomic mass is 32.2. The van der Waals surface area contributed by atoms with E-state index in [9.17, 15) is 4.79 Å². The van der Waals surface area contributed by atoms with E-state index in [-0.39, 0.29) is 11.9 Å². The molecule has 1 unspecified atom stereocenters. The first kappa shape index (κ1) is 19.2. The van der Waals surface area contributed by atoms with Crippen LogP contribution in [0, 0.1) is 5.92 Å². The minimum atomic E-state index is 0.00593. The Balaban J connectivity index is 1.84. The summed E-state index contributed by atoms with van der Waals surface area (Å²) in [5, 5.41) is 6.40. The fourth-order valence-corrected chi connectivity index (χ4v) is 5.25. The number of carbonyl (C=O) groups is 1. The lowest BCUT2D eigenvalue weighted by molar-refractivity contribution is 0.0923. The Hall–Kier alpha value is -1.56. The Morgan fingerprint density at radius 2 is 1.96 bits per heavy atom. The maximum Gasteiger partial charge on any atom is 0.253 e. The molecule has 0 aromatic heterocycles. The predicted molar refractivity (Wildman–Crippen MR) is 113 cm³/mol. The van der Waals surface area contributed by atoms with Crippen LogP contribution < -0.4 is 21.3 Å². The van der Waals surface area contributed by atoms with Gasteiger partial charge in [0.25, 0.3) is 5.91 Å². The number of nitrogen functional groups attached to an aromatic ring is 1. The number of amides is 1. The molecule has 1 saturated carbocycles. The van der Waals surface area contributed by atoms with Gasteiger partial charge < -0.3 is 21.3 Å². The van der Waals surface area contributed by atoms with Gasteiger partial charge in [0.2, 0.25) is 0 Å². The van der Waals surface area contributed by atoms with Gasteiger partial charge in [-0.15, -0.1) is 0 Å². The molecule has 144 valence electrons. The van der Waals surface area contributed by atoms with Crippen LogP contribution in [-0.4, -0.2) is 43.6 Å². The molecular weight excluding hydrogens is 344 g/mol. The summed E-state index contributed by atoms with van der Waals surface area (Å²) in [6.07, 6.45) is 5.68. The van der Waals surface area contributed by atoms with E-state index in [0.717, 1.165) is 42.3 Å². The molecule has 26 heavy (non-hydrogen) atoms. The van der Waals surface area contributed by atoms with Crippen LogP contribution in [0.5, 0.6) is 0 Å². The van der Waals surface area contributed by atoms with Crippen LogP contribution >= 0.6 is 11.8 Å². The third-order valence-corrected chi connectivity index (χ3v) is 7.01. The van der Waals surface area contributed by atoms with Crippen molar-refractivity contribution in [2.45, 2.75) is 51.1 Å². The molecular formula is C20H32N4OS. The average Bonchev–Trinajstić information content (AvgIpc) is 3.17. The molecule has 1 aromatic carbocycles. The Morgan fingerprint density at radius 3 is 2.58 bits per heavy atom. The number of anilines is 3. The Labute approximate surface area is 161 Å². The van der Waals surface area contributed by atoms with Crippen LogP contribution in [0.3, 0.4) is 0 Å². The maximum atomic E-state index is 13.1. The van der Waals surface area contributed by atoms with Gasteiger partial charge in [0.05, 0.1) is 22.6 Å². The highest BCUT2D eigenvalue weighted by Crippen LogP contribution is 2.34. The first-order valence-electron chi connectivity index (χ1n) is 9.72. The first-order chi connectivity index (χ1) is 12.5. The van der Waals surface area contributed by atoms with Crippen molar-refractivity contribution < 1.29 is 4.79 Å². The van der Waals surface area contributed by atoms with Crippen molar-refractivity contribution in [3.63, 3.8) is 0 Å². The molecule has 5 nitrogen and oxygen atoms in total. The normalized spacial score (nSPS) is 25.7. The summed E-state index contributed by atoms with van der Waals surface area (Å²) in [5.41, 5.74) is 9.34. The summed E-state index contributed by atoms with van der Waals surface area (Å²) in [6.45, 7) is 2.29. The van der Waals surface area contributed by atoms with Crippen molar-refractivity contribution in [1.82, 2.24) is 5.32 Å². The highest BCUT2D eigenvalue weighted by molar-refractivity contribution is 7.99. The number of hydrogen-bond donors (Lipinski definition) is 3. The lowest BCUT2D eigenvalue weighted by Crippen LogP contribution is -2.39. The second-order valence-electron chi connectivity index (χ2n) is 7.77. The molecule has 1 aromatic rings. The molecule has 1 amide bonds. The van der Waals surface area contributed by atoms with Gasteiger partial charge in [-0.05, 0) is 55.9 Å².